The van der Waals surface area contributed by atoms with Crippen molar-refractivity contribution in [3.05, 3.63) is 80.8 Å². The van der Waals surface area contributed by atoms with Gasteiger partial charge in [-0.1, -0.05) is 12.1 Å². The lowest BCUT2D eigenvalue weighted by Gasteiger charge is -2.08. The van der Waals surface area contributed by atoms with Crippen molar-refractivity contribution in [1.29, 1.82) is 0 Å². The summed E-state index contributed by atoms with van der Waals surface area (Å²) in [5, 5.41) is 15.3. The number of ether oxygens (including phenoxy) is 1. The summed E-state index contributed by atoms with van der Waals surface area (Å²) in [5.41, 5.74) is 3.20. The minimum absolute atomic E-state index is 0.0850. The number of hydrogen-bond donors (Lipinski definition) is 1. The van der Waals surface area contributed by atoms with Gasteiger partial charge in [0.05, 0.1) is 16.1 Å². The van der Waals surface area contributed by atoms with E-state index in [9.17, 15) is 14.9 Å². The van der Waals surface area contributed by atoms with Crippen LogP contribution in [0.4, 0.5) is 11.4 Å². The third-order valence-electron chi connectivity index (χ3n) is 3.28. The number of benzene rings is 2. The summed E-state index contributed by atoms with van der Waals surface area (Å²) >= 11 is 1.48. The number of thiazole rings is 1. The number of rotatable bonds is 6. The topological polar surface area (TPSA) is 94.4 Å². The Morgan fingerprint density at radius 2 is 2.08 bits per heavy atom. The fourth-order valence-electron chi connectivity index (χ4n) is 2.09. The van der Waals surface area contributed by atoms with Crippen LogP contribution in [0.1, 0.15) is 16.1 Å². The molecule has 0 radical (unpaired) electrons. The summed E-state index contributed by atoms with van der Waals surface area (Å²) < 4.78 is 5.62. The van der Waals surface area contributed by atoms with Gasteiger partial charge in [-0.3, -0.25) is 14.9 Å². The van der Waals surface area contributed by atoms with E-state index < -0.39 is 4.92 Å². The molecule has 7 nitrogen and oxygen atoms in total. The van der Waals surface area contributed by atoms with Crippen LogP contribution in [0.3, 0.4) is 0 Å². The third kappa shape index (κ3) is 4.39. The number of hydrogen-bond acceptors (Lipinski definition) is 6. The van der Waals surface area contributed by atoms with Crippen molar-refractivity contribution < 1.29 is 14.5 Å². The average Bonchev–Trinajstić information content (AvgIpc) is 3.14. The molecule has 0 aliphatic rings. The van der Waals surface area contributed by atoms with Crippen LogP contribution in [0.5, 0.6) is 5.75 Å². The number of aromatic nitrogens is 1. The standard InChI is InChI=1S/C17H13N3O4S/c21-17(19-13-4-2-5-15(8-13)20(22)23)12-3-1-6-16(7-12)24-9-14-10-25-11-18-14/h1-8,10-11H,9H2,(H,19,21). The van der Waals surface area contributed by atoms with Gasteiger partial charge >= 0.3 is 0 Å². The smallest absolute Gasteiger partial charge is 0.271 e. The van der Waals surface area contributed by atoms with E-state index in [2.05, 4.69) is 10.3 Å². The maximum absolute atomic E-state index is 12.3. The molecule has 1 amide bonds. The van der Waals surface area contributed by atoms with Gasteiger partial charge in [0.25, 0.3) is 11.6 Å². The van der Waals surface area contributed by atoms with Crippen molar-refractivity contribution in [3.8, 4) is 5.75 Å². The number of amides is 1. The molecular formula is C17H13N3O4S. The predicted molar refractivity (Wildman–Crippen MR) is 93.9 cm³/mol. The van der Waals surface area contributed by atoms with E-state index in [1.165, 1.54) is 29.5 Å². The molecule has 0 aliphatic carbocycles. The molecule has 8 heteroatoms. The molecular weight excluding hydrogens is 342 g/mol. The molecule has 3 aromatic rings. The molecule has 126 valence electrons. The minimum Gasteiger partial charge on any atom is -0.487 e. The van der Waals surface area contributed by atoms with Crippen molar-refractivity contribution in [3.63, 3.8) is 0 Å². The van der Waals surface area contributed by atoms with Gasteiger partial charge in [-0.25, -0.2) is 4.98 Å². The maximum atomic E-state index is 12.3. The molecule has 0 saturated carbocycles. The van der Waals surface area contributed by atoms with Gasteiger partial charge in [0.15, 0.2) is 0 Å². The summed E-state index contributed by atoms with van der Waals surface area (Å²) in [7, 11) is 0. The summed E-state index contributed by atoms with van der Waals surface area (Å²) in [6.07, 6.45) is 0. The van der Waals surface area contributed by atoms with Crippen LogP contribution in [0, 0.1) is 10.1 Å². The zero-order chi connectivity index (χ0) is 17.6. The van der Waals surface area contributed by atoms with Crippen LogP contribution in [-0.4, -0.2) is 15.8 Å². The maximum Gasteiger partial charge on any atom is 0.271 e. The Bertz CT molecular complexity index is 896. The van der Waals surface area contributed by atoms with E-state index in [-0.39, 0.29) is 11.6 Å². The SMILES string of the molecule is O=C(Nc1cccc([N+](=O)[O-])c1)c1cccc(OCc2cscn2)c1. The van der Waals surface area contributed by atoms with Crippen molar-refractivity contribution in [2.45, 2.75) is 6.61 Å². The Balaban J connectivity index is 1.68. The lowest BCUT2D eigenvalue weighted by Crippen LogP contribution is -2.12. The summed E-state index contributed by atoms with van der Waals surface area (Å²) in [5.74, 6) is 0.166. The molecule has 1 heterocycles. The summed E-state index contributed by atoms with van der Waals surface area (Å²) in [6, 6.07) is 12.5. The molecule has 25 heavy (non-hydrogen) atoms. The molecule has 1 N–H and O–H groups in total. The van der Waals surface area contributed by atoms with Crippen molar-refractivity contribution in [2.75, 3.05) is 5.32 Å². The highest BCUT2D eigenvalue weighted by Gasteiger charge is 2.10. The van der Waals surface area contributed by atoms with E-state index in [0.29, 0.717) is 23.6 Å². The van der Waals surface area contributed by atoms with Gasteiger partial charge in [-0.2, -0.15) is 0 Å². The van der Waals surface area contributed by atoms with Crippen LogP contribution >= 0.6 is 11.3 Å². The van der Waals surface area contributed by atoms with Gasteiger partial charge in [0.2, 0.25) is 0 Å². The lowest BCUT2D eigenvalue weighted by atomic mass is 10.2. The first kappa shape index (κ1) is 16.6. The van der Waals surface area contributed by atoms with E-state index in [1.807, 2.05) is 5.38 Å². The fraction of sp³-hybridized carbons (Fsp3) is 0.0588. The van der Waals surface area contributed by atoms with E-state index in [0.717, 1.165) is 5.69 Å². The molecule has 0 aliphatic heterocycles. The number of nitro benzene ring substituents is 1. The van der Waals surface area contributed by atoms with Crippen molar-refractivity contribution >= 4 is 28.6 Å². The quantitative estimate of drug-likeness (QED) is 0.535. The second-order valence-electron chi connectivity index (χ2n) is 5.06. The van der Waals surface area contributed by atoms with Crippen LogP contribution in [0.2, 0.25) is 0 Å². The van der Waals surface area contributed by atoms with Gasteiger partial charge in [-0.05, 0) is 24.3 Å². The number of nitro groups is 1. The molecule has 0 bridgehead atoms. The largest absolute Gasteiger partial charge is 0.487 e. The number of anilines is 1. The Morgan fingerprint density at radius 1 is 1.24 bits per heavy atom. The average molecular weight is 355 g/mol. The first-order valence-corrected chi connectivity index (χ1v) is 8.22. The van der Waals surface area contributed by atoms with Crippen molar-refractivity contribution in [2.24, 2.45) is 0 Å². The van der Waals surface area contributed by atoms with Crippen LogP contribution < -0.4 is 10.1 Å². The monoisotopic (exact) mass is 355 g/mol. The third-order valence-corrected chi connectivity index (χ3v) is 3.92. The highest BCUT2D eigenvalue weighted by Crippen LogP contribution is 2.19. The van der Waals surface area contributed by atoms with E-state index in [1.54, 1.807) is 35.8 Å². The Labute approximate surface area is 147 Å². The summed E-state index contributed by atoms with van der Waals surface area (Å²) in [4.78, 5) is 26.7. The second kappa shape index (κ2) is 7.54. The number of nitrogens with zero attached hydrogens (tertiary/aromatic N) is 2. The molecule has 0 spiro atoms. The Morgan fingerprint density at radius 3 is 2.84 bits per heavy atom. The van der Waals surface area contributed by atoms with E-state index >= 15 is 0 Å². The molecule has 3 rings (SSSR count). The molecule has 0 saturated heterocycles. The highest BCUT2D eigenvalue weighted by molar-refractivity contribution is 7.07. The van der Waals surface area contributed by atoms with E-state index in [4.69, 9.17) is 4.74 Å². The lowest BCUT2D eigenvalue weighted by molar-refractivity contribution is -0.384. The first-order valence-electron chi connectivity index (χ1n) is 7.27. The normalized spacial score (nSPS) is 10.2. The molecule has 0 fully saturated rings. The molecule has 1 aromatic heterocycles. The second-order valence-corrected chi connectivity index (χ2v) is 5.78. The van der Waals surface area contributed by atoms with Crippen LogP contribution in [0.15, 0.2) is 59.4 Å². The highest BCUT2D eigenvalue weighted by atomic mass is 32.1. The number of carbonyl (C=O) groups excluding carboxylic acids is 1. The summed E-state index contributed by atoms with van der Waals surface area (Å²) in [6.45, 7) is 0.319. The zero-order valence-electron chi connectivity index (χ0n) is 12.9. The van der Waals surface area contributed by atoms with Gasteiger partial charge in [0.1, 0.15) is 12.4 Å². The van der Waals surface area contributed by atoms with Gasteiger partial charge < -0.3 is 10.1 Å². The minimum atomic E-state index is -0.511. The number of non-ortho nitro benzene ring substituents is 1. The Kier molecular flexibility index (Phi) is 5.00. The molecule has 2 aromatic carbocycles. The molecule has 0 atom stereocenters. The molecule has 0 unspecified atom stereocenters. The van der Waals surface area contributed by atoms with Crippen molar-refractivity contribution in [1.82, 2.24) is 4.98 Å². The zero-order valence-corrected chi connectivity index (χ0v) is 13.7. The first-order chi connectivity index (χ1) is 12.1. The van der Waals surface area contributed by atoms with Crippen LogP contribution in [-0.2, 0) is 6.61 Å². The Hall–Kier alpha value is -3.26. The number of carbonyl (C=O) groups is 1. The van der Waals surface area contributed by atoms with Gasteiger partial charge in [-0.15, -0.1) is 11.3 Å². The fourth-order valence-corrected chi connectivity index (χ4v) is 2.64. The van der Waals surface area contributed by atoms with Crippen LogP contribution in [0.25, 0.3) is 0 Å². The predicted octanol–water partition coefficient (Wildman–Crippen LogP) is 3.88. The van der Waals surface area contributed by atoms with Gasteiger partial charge in [0, 0.05) is 28.8 Å². The number of nitrogens with one attached hydrogen (secondary N) is 1.